The fourth-order valence-corrected chi connectivity index (χ4v) is 4.52. The van der Waals surface area contributed by atoms with Gasteiger partial charge in [-0.1, -0.05) is 12.1 Å². The zero-order valence-electron chi connectivity index (χ0n) is 15.1. The van der Waals surface area contributed by atoms with Crippen LogP contribution in [0.15, 0.2) is 41.6 Å². The molecule has 140 valence electrons. The molecule has 0 spiro atoms. The van der Waals surface area contributed by atoms with E-state index in [9.17, 15) is 13.2 Å². The van der Waals surface area contributed by atoms with E-state index < -0.39 is 10.0 Å². The lowest BCUT2D eigenvalue weighted by Crippen LogP contribution is -2.49. The Hall–Kier alpha value is -2.03. The Morgan fingerprint density at radius 2 is 1.73 bits per heavy atom. The molecule has 8 heteroatoms. The van der Waals surface area contributed by atoms with Crippen molar-refractivity contribution < 1.29 is 13.2 Å². The van der Waals surface area contributed by atoms with Gasteiger partial charge in [0.2, 0.25) is 10.0 Å². The van der Waals surface area contributed by atoms with Crippen molar-refractivity contribution in [2.45, 2.75) is 25.3 Å². The normalized spacial score (nSPS) is 16.7. The molecule has 2 aromatic rings. The second-order valence-corrected chi connectivity index (χ2v) is 8.43. The maximum atomic E-state index is 12.8. The molecule has 1 aromatic carbocycles. The van der Waals surface area contributed by atoms with Crippen molar-refractivity contribution in [1.29, 1.82) is 0 Å². The molecule has 26 heavy (non-hydrogen) atoms. The molecule has 0 amide bonds. The third-order valence-corrected chi connectivity index (χ3v) is 6.72. The van der Waals surface area contributed by atoms with Gasteiger partial charge in [-0.2, -0.15) is 4.31 Å². The summed E-state index contributed by atoms with van der Waals surface area (Å²) in [5, 5.41) is 0. The summed E-state index contributed by atoms with van der Waals surface area (Å²) < 4.78 is 29.2. The minimum atomic E-state index is -3.51. The predicted molar refractivity (Wildman–Crippen MR) is 98.6 cm³/mol. The van der Waals surface area contributed by atoms with Crippen LogP contribution >= 0.6 is 0 Å². The summed E-state index contributed by atoms with van der Waals surface area (Å²) in [4.78, 5) is 18.1. The number of piperazine rings is 1. The fraction of sp³-hybridized carbons (Fsp3) is 0.444. The Kier molecular flexibility index (Phi) is 5.55. The first-order valence-electron chi connectivity index (χ1n) is 8.69. The van der Waals surface area contributed by atoms with Crippen LogP contribution in [0.3, 0.4) is 0 Å². The molecular weight excluding hydrogens is 352 g/mol. The summed E-state index contributed by atoms with van der Waals surface area (Å²) in [5.74, 6) is 0.913. The predicted octanol–water partition coefficient (Wildman–Crippen LogP) is 1.40. The van der Waals surface area contributed by atoms with Crippen LogP contribution in [0.5, 0.6) is 0 Å². The maximum Gasteiger partial charge on any atom is 0.243 e. The van der Waals surface area contributed by atoms with Crippen molar-refractivity contribution in [1.82, 2.24) is 18.8 Å². The van der Waals surface area contributed by atoms with Crippen LogP contribution in [0.1, 0.15) is 23.1 Å². The standard InChI is InChI=1S/C18H24N4O3S/c1-15(23)17-3-5-18(6-4-17)26(24,25)22-13-10-20(11-14-22)9-12-21-8-7-19-16(21)2/h3-8H,9-14H2,1-2H3. The number of Topliss-reactive ketones (excluding diaryl/α,β-unsaturated/α-hetero) is 1. The Morgan fingerprint density at radius 3 is 2.27 bits per heavy atom. The molecule has 1 aliphatic heterocycles. The van der Waals surface area contributed by atoms with Crippen molar-refractivity contribution in [3.05, 3.63) is 48.0 Å². The molecule has 0 radical (unpaired) electrons. The van der Waals surface area contributed by atoms with Crippen molar-refractivity contribution in [3.8, 4) is 0 Å². The molecule has 0 atom stereocenters. The molecule has 3 rings (SSSR count). The van der Waals surface area contributed by atoms with E-state index in [1.807, 2.05) is 13.1 Å². The smallest absolute Gasteiger partial charge is 0.243 e. The topological polar surface area (TPSA) is 75.5 Å². The average molecular weight is 376 g/mol. The first-order chi connectivity index (χ1) is 12.4. The van der Waals surface area contributed by atoms with Gasteiger partial charge in [-0.3, -0.25) is 9.69 Å². The van der Waals surface area contributed by atoms with Gasteiger partial charge in [-0.25, -0.2) is 13.4 Å². The summed E-state index contributed by atoms with van der Waals surface area (Å²) in [7, 11) is -3.51. The molecule has 0 bridgehead atoms. The fourth-order valence-electron chi connectivity index (χ4n) is 3.09. The van der Waals surface area contributed by atoms with Crippen molar-refractivity contribution >= 4 is 15.8 Å². The zero-order valence-corrected chi connectivity index (χ0v) is 15.9. The molecule has 1 aliphatic rings. The van der Waals surface area contributed by atoms with Gasteiger partial charge in [-0.15, -0.1) is 0 Å². The number of aromatic nitrogens is 2. The van der Waals surface area contributed by atoms with Gasteiger partial charge in [-0.05, 0) is 26.0 Å². The minimum Gasteiger partial charge on any atom is -0.334 e. The number of imidazole rings is 1. The lowest BCUT2D eigenvalue weighted by Gasteiger charge is -2.34. The van der Waals surface area contributed by atoms with E-state index in [-0.39, 0.29) is 10.7 Å². The van der Waals surface area contributed by atoms with E-state index in [2.05, 4.69) is 14.5 Å². The highest BCUT2D eigenvalue weighted by Crippen LogP contribution is 2.18. The summed E-state index contributed by atoms with van der Waals surface area (Å²) in [6, 6.07) is 6.17. The monoisotopic (exact) mass is 376 g/mol. The third-order valence-electron chi connectivity index (χ3n) is 4.81. The summed E-state index contributed by atoms with van der Waals surface area (Å²) in [6.07, 6.45) is 3.75. The number of benzene rings is 1. The van der Waals surface area contributed by atoms with Gasteiger partial charge in [0.05, 0.1) is 4.90 Å². The molecule has 0 N–H and O–H groups in total. The largest absolute Gasteiger partial charge is 0.334 e. The first kappa shape index (κ1) is 18.8. The third kappa shape index (κ3) is 4.03. The number of carbonyl (C=O) groups excluding carboxylic acids is 1. The van der Waals surface area contributed by atoms with E-state index >= 15 is 0 Å². The lowest BCUT2D eigenvalue weighted by molar-refractivity contribution is 0.101. The second kappa shape index (κ2) is 7.69. The van der Waals surface area contributed by atoms with Crippen molar-refractivity contribution in [3.63, 3.8) is 0 Å². The van der Waals surface area contributed by atoms with E-state index in [0.717, 1.165) is 18.9 Å². The second-order valence-electron chi connectivity index (χ2n) is 6.49. The Balaban J connectivity index is 1.58. The van der Waals surface area contributed by atoms with Crippen LogP contribution in [0.4, 0.5) is 0 Å². The molecule has 1 aromatic heterocycles. The SMILES string of the molecule is CC(=O)c1ccc(S(=O)(=O)N2CCN(CCn3ccnc3C)CC2)cc1. The molecule has 1 fully saturated rings. The molecule has 0 unspecified atom stereocenters. The quantitative estimate of drug-likeness (QED) is 0.713. The summed E-state index contributed by atoms with van der Waals surface area (Å²) in [6.45, 7) is 7.52. The molecule has 1 saturated heterocycles. The molecule has 2 heterocycles. The number of hydrogen-bond donors (Lipinski definition) is 0. The van der Waals surface area contributed by atoms with E-state index in [1.165, 1.54) is 23.4 Å². The Bertz CT molecular complexity index is 866. The van der Waals surface area contributed by atoms with Crippen LogP contribution < -0.4 is 0 Å². The maximum absolute atomic E-state index is 12.8. The van der Waals surface area contributed by atoms with Crippen LogP contribution in [0.25, 0.3) is 0 Å². The van der Waals surface area contributed by atoms with Gasteiger partial charge in [0, 0.05) is 57.2 Å². The van der Waals surface area contributed by atoms with Gasteiger partial charge in [0.15, 0.2) is 5.78 Å². The number of carbonyl (C=O) groups is 1. The number of ketones is 1. The van der Waals surface area contributed by atoms with Crippen LogP contribution in [-0.2, 0) is 16.6 Å². The minimum absolute atomic E-state index is 0.0734. The number of hydrogen-bond acceptors (Lipinski definition) is 5. The van der Waals surface area contributed by atoms with Gasteiger partial charge >= 0.3 is 0 Å². The highest BCUT2D eigenvalue weighted by atomic mass is 32.2. The Morgan fingerprint density at radius 1 is 1.08 bits per heavy atom. The molecule has 7 nitrogen and oxygen atoms in total. The number of sulfonamides is 1. The van der Waals surface area contributed by atoms with Crippen LogP contribution in [0.2, 0.25) is 0 Å². The van der Waals surface area contributed by atoms with E-state index in [4.69, 9.17) is 0 Å². The van der Waals surface area contributed by atoms with Crippen LogP contribution in [0, 0.1) is 6.92 Å². The number of aryl methyl sites for hydroxylation is 1. The highest BCUT2D eigenvalue weighted by molar-refractivity contribution is 7.89. The summed E-state index contributed by atoms with van der Waals surface area (Å²) in [5.41, 5.74) is 0.517. The van der Waals surface area contributed by atoms with E-state index in [0.29, 0.717) is 31.7 Å². The number of rotatable bonds is 6. The first-order valence-corrected chi connectivity index (χ1v) is 10.1. The van der Waals surface area contributed by atoms with Crippen LogP contribution in [-0.4, -0.2) is 65.7 Å². The molecular formula is C18H24N4O3S. The molecule has 0 aliphatic carbocycles. The van der Waals surface area contributed by atoms with Gasteiger partial charge < -0.3 is 4.57 Å². The summed E-state index contributed by atoms with van der Waals surface area (Å²) >= 11 is 0. The Labute approximate surface area is 154 Å². The van der Waals surface area contributed by atoms with Gasteiger partial charge in [0.1, 0.15) is 5.82 Å². The lowest BCUT2D eigenvalue weighted by atomic mass is 10.2. The van der Waals surface area contributed by atoms with E-state index in [1.54, 1.807) is 18.3 Å². The van der Waals surface area contributed by atoms with Crippen molar-refractivity contribution in [2.24, 2.45) is 0 Å². The van der Waals surface area contributed by atoms with Crippen molar-refractivity contribution in [2.75, 3.05) is 32.7 Å². The zero-order chi connectivity index (χ0) is 18.7. The highest BCUT2D eigenvalue weighted by Gasteiger charge is 2.28. The average Bonchev–Trinajstić information content (AvgIpc) is 3.05. The number of nitrogens with zero attached hydrogens (tertiary/aromatic N) is 4. The molecule has 0 saturated carbocycles. The van der Waals surface area contributed by atoms with Gasteiger partial charge in [0.25, 0.3) is 0 Å².